The van der Waals surface area contributed by atoms with Crippen molar-refractivity contribution in [3.05, 3.63) is 60.6 Å². The molecule has 3 heteroatoms. The first kappa shape index (κ1) is 14.2. The summed E-state index contributed by atoms with van der Waals surface area (Å²) in [7, 11) is 0. The standard InChI is InChI=1S/C18H23NO2/c1-3-10-20-17-8-9-18-15(12-17)13-19(21-18)16-7-5-4-6-14(2)11-16/h3-5,7-9,12,14-15,18H,1,6,10-11,13H2,2H3. The highest BCUT2D eigenvalue weighted by Crippen LogP contribution is 2.33. The summed E-state index contributed by atoms with van der Waals surface area (Å²) in [5.74, 6) is 1.95. The molecule has 21 heavy (non-hydrogen) atoms. The lowest BCUT2D eigenvalue weighted by molar-refractivity contribution is -0.108. The van der Waals surface area contributed by atoms with E-state index in [-0.39, 0.29) is 6.10 Å². The van der Waals surface area contributed by atoms with Gasteiger partial charge in [-0.2, -0.15) is 0 Å². The van der Waals surface area contributed by atoms with Gasteiger partial charge in [0.05, 0.1) is 6.54 Å². The van der Waals surface area contributed by atoms with E-state index in [0.717, 1.165) is 25.1 Å². The number of nitrogens with zero attached hydrogens (tertiary/aromatic N) is 1. The normalized spacial score (nSPS) is 31.3. The summed E-state index contributed by atoms with van der Waals surface area (Å²) < 4.78 is 5.61. The molecule has 1 saturated heterocycles. The number of hydroxylamine groups is 2. The molecule has 112 valence electrons. The predicted octanol–water partition coefficient (Wildman–Crippen LogP) is 3.74. The van der Waals surface area contributed by atoms with Crippen molar-refractivity contribution >= 4 is 0 Å². The second-order valence-corrected chi connectivity index (χ2v) is 5.95. The monoisotopic (exact) mass is 285 g/mol. The molecule has 0 aromatic heterocycles. The van der Waals surface area contributed by atoms with Gasteiger partial charge in [0.15, 0.2) is 0 Å². The van der Waals surface area contributed by atoms with Crippen LogP contribution in [-0.2, 0) is 9.57 Å². The lowest BCUT2D eigenvalue weighted by Crippen LogP contribution is -2.19. The number of hydrogen-bond acceptors (Lipinski definition) is 3. The van der Waals surface area contributed by atoms with E-state index in [9.17, 15) is 0 Å². The summed E-state index contributed by atoms with van der Waals surface area (Å²) in [5, 5.41) is 2.07. The second-order valence-electron chi connectivity index (χ2n) is 5.95. The summed E-state index contributed by atoms with van der Waals surface area (Å²) >= 11 is 0. The van der Waals surface area contributed by atoms with Gasteiger partial charge < -0.3 is 4.74 Å². The Balaban J connectivity index is 1.67. The van der Waals surface area contributed by atoms with Crippen molar-refractivity contribution in [2.75, 3.05) is 13.2 Å². The molecular weight excluding hydrogens is 262 g/mol. The molecule has 1 aliphatic heterocycles. The molecule has 3 atom stereocenters. The van der Waals surface area contributed by atoms with Crippen LogP contribution in [0.5, 0.6) is 0 Å². The second kappa shape index (κ2) is 6.35. The van der Waals surface area contributed by atoms with E-state index in [1.165, 1.54) is 5.70 Å². The summed E-state index contributed by atoms with van der Waals surface area (Å²) in [6.45, 7) is 7.40. The molecule has 0 spiro atoms. The van der Waals surface area contributed by atoms with E-state index >= 15 is 0 Å². The van der Waals surface area contributed by atoms with Crippen LogP contribution in [0.4, 0.5) is 0 Å². The highest BCUT2D eigenvalue weighted by molar-refractivity contribution is 5.25. The summed E-state index contributed by atoms with van der Waals surface area (Å²) in [5.41, 5.74) is 1.28. The molecule has 1 heterocycles. The topological polar surface area (TPSA) is 21.7 Å². The molecule has 0 amide bonds. The van der Waals surface area contributed by atoms with E-state index in [1.807, 2.05) is 6.08 Å². The molecule has 3 rings (SSSR count). The number of rotatable bonds is 4. The molecule has 0 N–H and O–H groups in total. The minimum atomic E-state index is 0.129. The number of hydrogen-bond donors (Lipinski definition) is 0. The summed E-state index contributed by atoms with van der Waals surface area (Å²) in [6.07, 6.45) is 16.9. The highest BCUT2D eigenvalue weighted by Gasteiger charge is 2.34. The molecule has 0 aromatic carbocycles. The van der Waals surface area contributed by atoms with Gasteiger partial charge in [0, 0.05) is 11.6 Å². The van der Waals surface area contributed by atoms with Crippen molar-refractivity contribution in [3.63, 3.8) is 0 Å². The molecule has 1 fully saturated rings. The maximum Gasteiger partial charge on any atom is 0.116 e. The number of allylic oxidation sites excluding steroid dienone is 5. The Labute approximate surface area is 126 Å². The largest absolute Gasteiger partial charge is 0.490 e. The minimum Gasteiger partial charge on any atom is -0.490 e. The van der Waals surface area contributed by atoms with Gasteiger partial charge in [0.25, 0.3) is 0 Å². The van der Waals surface area contributed by atoms with Crippen molar-refractivity contribution in [3.8, 4) is 0 Å². The number of fused-ring (bicyclic) bond motifs is 1. The Morgan fingerprint density at radius 3 is 3.29 bits per heavy atom. The van der Waals surface area contributed by atoms with Crippen LogP contribution in [0.2, 0.25) is 0 Å². The molecular formula is C18H23NO2. The van der Waals surface area contributed by atoms with Crippen LogP contribution in [0.15, 0.2) is 60.6 Å². The predicted molar refractivity (Wildman–Crippen MR) is 84.1 cm³/mol. The van der Waals surface area contributed by atoms with Crippen LogP contribution >= 0.6 is 0 Å². The van der Waals surface area contributed by atoms with Gasteiger partial charge in [0.1, 0.15) is 18.5 Å². The van der Waals surface area contributed by atoms with Crippen molar-refractivity contribution in [2.24, 2.45) is 11.8 Å². The molecule has 0 saturated carbocycles. The van der Waals surface area contributed by atoms with Gasteiger partial charge in [-0.05, 0) is 43.1 Å². The Hall–Kier alpha value is -1.74. The van der Waals surface area contributed by atoms with Crippen LogP contribution < -0.4 is 0 Å². The van der Waals surface area contributed by atoms with Gasteiger partial charge in [0.2, 0.25) is 0 Å². The highest BCUT2D eigenvalue weighted by atomic mass is 16.7. The molecule has 0 bridgehead atoms. The SMILES string of the molecule is C=CCOC1=CC2CN(C3=CC=CCC(C)C3)OC2C=C1. The zero-order chi connectivity index (χ0) is 14.7. The van der Waals surface area contributed by atoms with E-state index in [2.05, 4.69) is 48.9 Å². The fraction of sp³-hybridized carbons (Fsp3) is 0.444. The van der Waals surface area contributed by atoms with Gasteiger partial charge in [-0.25, -0.2) is 0 Å². The van der Waals surface area contributed by atoms with Gasteiger partial charge >= 0.3 is 0 Å². The first-order valence-electron chi connectivity index (χ1n) is 7.70. The van der Waals surface area contributed by atoms with Crippen LogP contribution in [0.1, 0.15) is 19.8 Å². The fourth-order valence-electron chi connectivity index (χ4n) is 2.96. The van der Waals surface area contributed by atoms with Crippen molar-refractivity contribution < 1.29 is 9.57 Å². The summed E-state index contributed by atoms with van der Waals surface area (Å²) in [4.78, 5) is 6.09. The van der Waals surface area contributed by atoms with E-state index in [1.54, 1.807) is 6.08 Å². The van der Waals surface area contributed by atoms with E-state index < -0.39 is 0 Å². The molecule has 2 aliphatic carbocycles. The first-order chi connectivity index (χ1) is 10.3. The van der Waals surface area contributed by atoms with Crippen LogP contribution in [0.25, 0.3) is 0 Å². The van der Waals surface area contributed by atoms with Crippen LogP contribution in [-0.4, -0.2) is 24.3 Å². The van der Waals surface area contributed by atoms with Crippen LogP contribution in [0.3, 0.4) is 0 Å². The Morgan fingerprint density at radius 2 is 2.43 bits per heavy atom. The van der Waals surface area contributed by atoms with Crippen molar-refractivity contribution in [2.45, 2.75) is 25.9 Å². The number of ether oxygens (including phenoxy) is 1. The molecule has 0 aromatic rings. The molecule has 0 radical (unpaired) electrons. The lowest BCUT2D eigenvalue weighted by Gasteiger charge is -2.22. The fourth-order valence-corrected chi connectivity index (χ4v) is 2.96. The van der Waals surface area contributed by atoms with Crippen LogP contribution in [0, 0.1) is 11.8 Å². The van der Waals surface area contributed by atoms with Gasteiger partial charge in [-0.15, -0.1) is 0 Å². The Morgan fingerprint density at radius 1 is 1.52 bits per heavy atom. The maximum absolute atomic E-state index is 6.09. The summed E-state index contributed by atoms with van der Waals surface area (Å²) in [6, 6.07) is 0. The molecule has 3 unspecified atom stereocenters. The van der Waals surface area contributed by atoms with Crippen molar-refractivity contribution in [1.29, 1.82) is 0 Å². The zero-order valence-electron chi connectivity index (χ0n) is 12.6. The third-order valence-corrected chi connectivity index (χ3v) is 4.09. The van der Waals surface area contributed by atoms with Gasteiger partial charge in [-0.3, -0.25) is 9.90 Å². The third kappa shape index (κ3) is 3.30. The smallest absolute Gasteiger partial charge is 0.116 e. The average Bonchev–Trinajstić information content (AvgIpc) is 2.79. The minimum absolute atomic E-state index is 0.129. The van der Waals surface area contributed by atoms with Gasteiger partial charge in [-0.1, -0.05) is 31.7 Å². The zero-order valence-corrected chi connectivity index (χ0v) is 12.6. The quantitative estimate of drug-likeness (QED) is 0.734. The Bertz CT molecular complexity index is 515. The molecule has 3 nitrogen and oxygen atoms in total. The lowest BCUT2D eigenvalue weighted by atomic mass is 9.97. The maximum atomic E-state index is 6.09. The first-order valence-corrected chi connectivity index (χ1v) is 7.70. The molecule has 3 aliphatic rings. The third-order valence-electron chi connectivity index (χ3n) is 4.09. The van der Waals surface area contributed by atoms with E-state index in [4.69, 9.17) is 9.57 Å². The average molecular weight is 285 g/mol. The Kier molecular flexibility index (Phi) is 4.30. The van der Waals surface area contributed by atoms with E-state index in [0.29, 0.717) is 18.4 Å². The van der Waals surface area contributed by atoms with Crippen molar-refractivity contribution in [1.82, 2.24) is 5.06 Å².